The van der Waals surface area contributed by atoms with E-state index in [0.29, 0.717) is 0 Å². The van der Waals surface area contributed by atoms with Crippen molar-refractivity contribution in [3.8, 4) is 0 Å². The average molecular weight is 267 g/mol. The normalized spacial score (nSPS) is 13.8. The standard InChI is InChI=1S/C16H29NS/c1-6-14-9-10-15(18-14)8-7-13(2)11-12-17-16(3,4)5/h9-10,13,17H,6-8,11-12H2,1-5H3. The molecule has 1 N–H and O–H groups in total. The Morgan fingerprint density at radius 3 is 2.39 bits per heavy atom. The lowest BCUT2D eigenvalue weighted by atomic mass is 10.0. The third kappa shape index (κ3) is 6.55. The second kappa shape index (κ2) is 7.30. The first kappa shape index (κ1) is 15.7. The van der Waals surface area contributed by atoms with Crippen LogP contribution in [-0.2, 0) is 12.8 Å². The second-order valence-electron chi connectivity index (χ2n) is 6.33. The topological polar surface area (TPSA) is 12.0 Å². The molecular formula is C16H29NS. The van der Waals surface area contributed by atoms with Crippen LogP contribution in [0.5, 0.6) is 0 Å². The van der Waals surface area contributed by atoms with Gasteiger partial charge in [0.2, 0.25) is 0 Å². The van der Waals surface area contributed by atoms with Crippen LogP contribution in [-0.4, -0.2) is 12.1 Å². The largest absolute Gasteiger partial charge is 0.312 e. The molecule has 0 aliphatic heterocycles. The maximum absolute atomic E-state index is 3.57. The van der Waals surface area contributed by atoms with E-state index in [9.17, 15) is 0 Å². The molecular weight excluding hydrogens is 238 g/mol. The number of rotatable bonds is 7. The van der Waals surface area contributed by atoms with Crippen molar-refractivity contribution in [3.05, 3.63) is 21.9 Å². The quantitative estimate of drug-likeness (QED) is 0.758. The van der Waals surface area contributed by atoms with Crippen LogP contribution in [0.4, 0.5) is 0 Å². The van der Waals surface area contributed by atoms with E-state index in [4.69, 9.17) is 0 Å². The smallest absolute Gasteiger partial charge is 0.00965 e. The van der Waals surface area contributed by atoms with Crippen molar-refractivity contribution in [2.24, 2.45) is 5.92 Å². The van der Waals surface area contributed by atoms with E-state index in [1.807, 2.05) is 11.3 Å². The summed E-state index contributed by atoms with van der Waals surface area (Å²) in [5, 5.41) is 3.57. The Kier molecular flexibility index (Phi) is 6.37. The van der Waals surface area contributed by atoms with Gasteiger partial charge in [0.15, 0.2) is 0 Å². The predicted octanol–water partition coefficient (Wildman–Crippen LogP) is 4.66. The molecule has 1 heterocycles. The first-order chi connectivity index (χ1) is 8.40. The Bertz CT molecular complexity index is 335. The summed E-state index contributed by atoms with van der Waals surface area (Å²) in [6.45, 7) is 12.4. The van der Waals surface area contributed by atoms with Gasteiger partial charge in [0, 0.05) is 15.3 Å². The van der Waals surface area contributed by atoms with Crippen molar-refractivity contribution >= 4 is 11.3 Å². The fourth-order valence-electron chi connectivity index (χ4n) is 1.97. The molecule has 0 spiro atoms. The van der Waals surface area contributed by atoms with E-state index in [-0.39, 0.29) is 5.54 Å². The summed E-state index contributed by atoms with van der Waals surface area (Å²) in [4.78, 5) is 3.08. The average Bonchev–Trinajstić information content (AvgIpc) is 2.72. The van der Waals surface area contributed by atoms with E-state index in [1.165, 1.54) is 30.6 Å². The van der Waals surface area contributed by atoms with Crippen LogP contribution in [0.15, 0.2) is 12.1 Å². The minimum atomic E-state index is 0.253. The summed E-state index contributed by atoms with van der Waals surface area (Å²) in [7, 11) is 0. The zero-order valence-corrected chi connectivity index (χ0v) is 13.5. The van der Waals surface area contributed by atoms with Gasteiger partial charge in [-0.1, -0.05) is 13.8 Å². The van der Waals surface area contributed by atoms with Gasteiger partial charge >= 0.3 is 0 Å². The van der Waals surface area contributed by atoms with Gasteiger partial charge < -0.3 is 5.32 Å². The first-order valence-electron chi connectivity index (χ1n) is 7.23. The van der Waals surface area contributed by atoms with Crippen molar-refractivity contribution in [1.29, 1.82) is 0 Å². The fourth-order valence-corrected chi connectivity index (χ4v) is 2.95. The molecule has 1 nitrogen and oxygen atoms in total. The van der Waals surface area contributed by atoms with E-state index in [0.717, 1.165) is 12.5 Å². The van der Waals surface area contributed by atoms with Crippen LogP contribution in [0.1, 0.15) is 57.2 Å². The molecule has 1 aromatic heterocycles. The molecule has 0 aliphatic rings. The molecule has 0 amide bonds. The van der Waals surface area contributed by atoms with Gasteiger partial charge in [-0.3, -0.25) is 0 Å². The third-order valence-corrected chi connectivity index (χ3v) is 4.53. The summed E-state index contributed by atoms with van der Waals surface area (Å²) >= 11 is 1.99. The Balaban J connectivity index is 2.18. The van der Waals surface area contributed by atoms with Crippen molar-refractivity contribution in [2.75, 3.05) is 6.54 Å². The highest BCUT2D eigenvalue weighted by Crippen LogP contribution is 2.21. The number of aryl methyl sites for hydroxylation is 2. The number of nitrogens with one attached hydrogen (secondary N) is 1. The van der Waals surface area contributed by atoms with E-state index in [1.54, 1.807) is 4.88 Å². The SMILES string of the molecule is CCc1ccc(CCC(C)CCNC(C)(C)C)s1. The number of hydrogen-bond donors (Lipinski definition) is 1. The Hall–Kier alpha value is -0.340. The van der Waals surface area contributed by atoms with Gasteiger partial charge in [-0.05, 0) is 71.0 Å². The fraction of sp³-hybridized carbons (Fsp3) is 0.750. The molecule has 0 aliphatic carbocycles. The third-order valence-electron chi connectivity index (χ3n) is 3.24. The molecule has 1 atom stereocenters. The lowest BCUT2D eigenvalue weighted by Crippen LogP contribution is -2.36. The van der Waals surface area contributed by atoms with Gasteiger partial charge in [0.05, 0.1) is 0 Å². The number of thiophene rings is 1. The molecule has 18 heavy (non-hydrogen) atoms. The highest BCUT2D eigenvalue weighted by molar-refractivity contribution is 7.11. The van der Waals surface area contributed by atoms with Crippen LogP contribution in [0.2, 0.25) is 0 Å². The minimum Gasteiger partial charge on any atom is -0.312 e. The lowest BCUT2D eigenvalue weighted by molar-refractivity contribution is 0.387. The van der Waals surface area contributed by atoms with Crippen LogP contribution >= 0.6 is 11.3 Å². The minimum absolute atomic E-state index is 0.253. The molecule has 0 aromatic carbocycles. The van der Waals surface area contributed by atoms with E-state index >= 15 is 0 Å². The van der Waals surface area contributed by atoms with E-state index < -0.39 is 0 Å². The Labute approximate surface area is 117 Å². The van der Waals surface area contributed by atoms with Crippen molar-refractivity contribution in [2.45, 2.75) is 65.8 Å². The first-order valence-corrected chi connectivity index (χ1v) is 8.05. The van der Waals surface area contributed by atoms with Gasteiger partial charge in [-0.2, -0.15) is 0 Å². The molecule has 1 rings (SSSR count). The zero-order valence-electron chi connectivity index (χ0n) is 12.7. The highest BCUT2D eigenvalue weighted by Gasteiger charge is 2.10. The second-order valence-corrected chi connectivity index (χ2v) is 7.58. The van der Waals surface area contributed by atoms with Gasteiger partial charge in [0.1, 0.15) is 0 Å². The summed E-state index contributed by atoms with van der Waals surface area (Å²) in [6, 6.07) is 4.59. The van der Waals surface area contributed by atoms with Crippen LogP contribution in [0, 0.1) is 5.92 Å². The zero-order chi connectivity index (χ0) is 13.6. The van der Waals surface area contributed by atoms with Crippen molar-refractivity contribution in [3.63, 3.8) is 0 Å². The molecule has 0 saturated heterocycles. The summed E-state index contributed by atoms with van der Waals surface area (Å²) in [6.07, 6.45) is 5.02. The molecule has 2 heteroatoms. The Morgan fingerprint density at radius 1 is 1.17 bits per heavy atom. The molecule has 104 valence electrons. The molecule has 0 bridgehead atoms. The summed E-state index contributed by atoms with van der Waals surface area (Å²) in [5.41, 5.74) is 0.253. The maximum Gasteiger partial charge on any atom is 0.00965 e. The van der Waals surface area contributed by atoms with Crippen LogP contribution in [0.3, 0.4) is 0 Å². The van der Waals surface area contributed by atoms with Crippen LogP contribution in [0.25, 0.3) is 0 Å². The van der Waals surface area contributed by atoms with Gasteiger partial charge in [-0.15, -0.1) is 11.3 Å². The molecule has 0 fully saturated rings. The summed E-state index contributed by atoms with van der Waals surface area (Å²) in [5.74, 6) is 0.812. The number of hydrogen-bond acceptors (Lipinski definition) is 2. The highest BCUT2D eigenvalue weighted by atomic mass is 32.1. The van der Waals surface area contributed by atoms with Crippen LogP contribution < -0.4 is 5.32 Å². The lowest BCUT2D eigenvalue weighted by Gasteiger charge is -2.21. The molecule has 0 radical (unpaired) electrons. The monoisotopic (exact) mass is 267 g/mol. The maximum atomic E-state index is 3.57. The molecule has 1 aromatic rings. The predicted molar refractivity (Wildman–Crippen MR) is 83.6 cm³/mol. The molecule has 1 unspecified atom stereocenters. The molecule has 0 saturated carbocycles. The summed E-state index contributed by atoms with van der Waals surface area (Å²) < 4.78 is 0. The Morgan fingerprint density at radius 2 is 1.83 bits per heavy atom. The van der Waals surface area contributed by atoms with Crippen molar-refractivity contribution < 1.29 is 0 Å². The van der Waals surface area contributed by atoms with Gasteiger partial charge in [-0.25, -0.2) is 0 Å². The van der Waals surface area contributed by atoms with E-state index in [2.05, 4.69) is 52.1 Å². The van der Waals surface area contributed by atoms with Crippen molar-refractivity contribution in [1.82, 2.24) is 5.32 Å². The van der Waals surface area contributed by atoms with Gasteiger partial charge in [0.25, 0.3) is 0 Å².